The van der Waals surface area contributed by atoms with Crippen LogP contribution in [0.15, 0.2) is 35.4 Å². The van der Waals surface area contributed by atoms with Crippen molar-refractivity contribution in [3.63, 3.8) is 0 Å². The SMILES string of the molecule is Cc1c[c-]c(N2CCN(CC(=O)c3ccc(N=[N+]=[N-])[c]([Sn]([CH3])([CH3])[CH3])c3)CC2)c(C)c1.[Y+3]. The van der Waals surface area contributed by atoms with Gasteiger partial charge in [-0.15, -0.1) is 0 Å². The molecule has 1 aliphatic rings. The molecule has 3 rings (SSSR count). The van der Waals surface area contributed by atoms with Gasteiger partial charge in [0.2, 0.25) is 0 Å². The molecule has 8 heteroatoms. The summed E-state index contributed by atoms with van der Waals surface area (Å²) in [5.41, 5.74) is 13.9. The fourth-order valence-corrected chi connectivity index (χ4v) is 8.21. The summed E-state index contributed by atoms with van der Waals surface area (Å²) in [6.07, 6.45) is 0. The summed E-state index contributed by atoms with van der Waals surface area (Å²) in [5.74, 6) is 0.130. The van der Waals surface area contributed by atoms with Crippen LogP contribution in [0.2, 0.25) is 14.8 Å². The van der Waals surface area contributed by atoms with Gasteiger partial charge in [0, 0.05) is 0 Å². The zero-order valence-electron chi connectivity index (χ0n) is 19.1. The van der Waals surface area contributed by atoms with Crippen molar-refractivity contribution >= 4 is 39.1 Å². The fourth-order valence-electron chi connectivity index (χ4n) is 3.96. The van der Waals surface area contributed by atoms with E-state index in [2.05, 4.69) is 60.6 Å². The monoisotopic (exact) mass is 601 g/mol. The van der Waals surface area contributed by atoms with Crippen molar-refractivity contribution in [1.29, 1.82) is 0 Å². The van der Waals surface area contributed by atoms with Crippen molar-refractivity contribution < 1.29 is 37.5 Å². The molecule has 1 heterocycles. The second kappa shape index (κ2) is 11.3. The minimum Gasteiger partial charge on any atom is 3.00 e. The molecule has 0 radical (unpaired) electrons. The zero-order chi connectivity index (χ0) is 21.9. The summed E-state index contributed by atoms with van der Waals surface area (Å²) in [5, 5.41) is 3.84. The Balaban J connectivity index is 0.00000341. The second-order valence-corrected chi connectivity index (χ2v) is 23.4. The number of hydrogen-bond acceptors (Lipinski definition) is 4. The molecule has 6 nitrogen and oxygen atoms in total. The topological polar surface area (TPSA) is 72.3 Å². The van der Waals surface area contributed by atoms with Gasteiger partial charge in [-0.2, -0.15) is 5.56 Å². The van der Waals surface area contributed by atoms with Gasteiger partial charge < -0.3 is 0 Å². The number of benzene rings is 2. The molecule has 2 aromatic carbocycles. The summed E-state index contributed by atoms with van der Waals surface area (Å²) >= 11 is -2.52. The minimum atomic E-state index is -2.52. The van der Waals surface area contributed by atoms with Gasteiger partial charge in [0.05, 0.1) is 0 Å². The maximum atomic E-state index is 13.0. The average molecular weight is 600 g/mol. The molecule has 0 aromatic heterocycles. The first-order valence-corrected chi connectivity index (χ1v) is 20.4. The molecule has 31 heavy (non-hydrogen) atoms. The van der Waals surface area contributed by atoms with E-state index in [9.17, 15) is 4.79 Å². The Morgan fingerprint density at radius 1 is 1.16 bits per heavy atom. The van der Waals surface area contributed by atoms with Crippen LogP contribution in [-0.2, 0) is 32.7 Å². The maximum absolute atomic E-state index is 13.0. The van der Waals surface area contributed by atoms with Crippen LogP contribution < -0.4 is 8.48 Å². The van der Waals surface area contributed by atoms with Crippen molar-refractivity contribution in [2.24, 2.45) is 5.11 Å². The van der Waals surface area contributed by atoms with Crippen molar-refractivity contribution in [3.05, 3.63) is 63.5 Å². The number of azide groups is 1. The van der Waals surface area contributed by atoms with E-state index >= 15 is 0 Å². The molecular formula is C23H30N5OSnY+2. The summed E-state index contributed by atoms with van der Waals surface area (Å²) in [6, 6.07) is 13.2. The molecule has 0 bridgehead atoms. The van der Waals surface area contributed by atoms with Gasteiger partial charge in [-0.25, -0.2) is 0 Å². The molecule has 0 atom stereocenters. The fraction of sp³-hybridized carbons (Fsp3) is 0.435. The molecule has 0 spiro atoms. The molecule has 0 N–H and O–H groups in total. The van der Waals surface area contributed by atoms with Crippen LogP contribution in [-0.4, -0.2) is 61.8 Å². The number of Topliss-reactive ketones (excluding diaryl/α,β-unsaturated/α-hetero) is 1. The quantitative estimate of drug-likeness (QED) is 0.122. The van der Waals surface area contributed by atoms with Gasteiger partial charge in [-0.1, -0.05) is 6.92 Å². The Labute approximate surface area is 214 Å². The number of carbonyl (C=O) groups is 1. The van der Waals surface area contributed by atoms with E-state index in [0.717, 1.165) is 35.3 Å². The van der Waals surface area contributed by atoms with Crippen molar-refractivity contribution in [1.82, 2.24) is 4.90 Å². The van der Waals surface area contributed by atoms with Crippen LogP contribution in [0.5, 0.6) is 0 Å². The molecular weight excluding hydrogens is 570 g/mol. The van der Waals surface area contributed by atoms with Gasteiger partial charge in [0.1, 0.15) is 0 Å². The van der Waals surface area contributed by atoms with Gasteiger partial charge >= 0.3 is 204 Å². The van der Waals surface area contributed by atoms with E-state index in [1.54, 1.807) is 12.1 Å². The number of hydrogen-bond donors (Lipinski definition) is 0. The normalized spacial score (nSPS) is 14.5. The van der Waals surface area contributed by atoms with Crippen LogP contribution in [0, 0.1) is 19.9 Å². The zero-order valence-corrected chi connectivity index (χ0v) is 24.8. The number of anilines is 1. The van der Waals surface area contributed by atoms with Gasteiger partial charge in [0.15, 0.2) is 0 Å². The Morgan fingerprint density at radius 3 is 2.42 bits per heavy atom. The number of rotatable bonds is 6. The summed E-state index contributed by atoms with van der Waals surface area (Å²) in [7, 11) is 0. The van der Waals surface area contributed by atoms with Gasteiger partial charge in [-0.05, 0) is 0 Å². The molecule has 0 saturated carbocycles. The first-order valence-electron chi connectivity index (χ1n) is 10.4. The van der Waals surface area contributed by atoms with Crippen molar-refractivity contribution in [3.8, 4) is 0 Å². The van der Waals surface area contributed by atoms with Crippen LogP contribution in [0.3, 0.4) is 0 Å². The number of piperazine rings is 1. The molecule has 0 amide bonds. The summed E-state index contributed by atoms with van der Waals surface area (Å²) in [6.45, 7) is 8.15. The number of aryl methyl sites for hydroxylation is 2. The van der Waals surface area contributed by atoms with Crippen LogP contribution in [0.1, 0.15) is 21.5 Å². The third kappa shape index (κ3) is 6.78. The third-order valence-electron chi connectivity index (χ3n) is 5.59. The van der Waals surface area contributed by atoms with E-state index < -0.39 is 18.4 Å². The van der Waals surface area contributed by atoms with Crippen LogP contribution >= 0.6 is 0 Å². The standard InChI is InChI=1S/C20H21N5O.3CH3.Sn.Y/c1-15-3-8-19(16(2)13-15)25-11-9-24(10-12-25)14-20(26)17-4-6-18(7-5-17)22-23-21;;;;;/h3-6,13H,9-12,14H2,1-2H3;3*1H3;;/q-1;;;;;+3. The average Bonchev–Trinajstić information content (AvgIpc) is 2.68. The smallest absolute Gasteiger partial charge is 3.00 e. The Kier molecular flexibility index (Phi) is 9.59. The Morgan fingerprint density at radius 2 is 1.84 bits per heavy atom. The molecule has 0 aliphatic carbocycles. The van der Waals surface area contributed by atoms with Gasteiger partial charge in [0.25, 0.3) is 0 Å². The number of nitrogens with zero attached hydrogens (tertiary/aromatic N) is 5. The van der Waals surface area contributed by atoms with E-state index in [4.69, 9.17) is 5.53 Å². The molecule has 1 fully saturated rings. The molecule has 1 saturated heterocycles. The summed E-state index contributed by atoms with van der Waals surface area (Å²) in [4.78, 5) is 27.3. The first-order chi connectivity index (χ1) is 14.2. The Hall–Kier alpha value is -0.917. The van der Waals surface area contributed by atoms with Crippen LogP contribution in [0.4, 0.5) is 11.4 Å². The first kappa shape index (κ1) is 26.3. The minimum absolute atomic E-state index is 0. The Bertz CT molecular complexity index is 990. The second-order valence-electron chi connectivity index (χ2n) is 9.07. The molecule has 0 unspecified atom stereocenters. The van der Waals surface area contributed by atoms with Crippen molar-refractivity contribution in [2.45, 2.75) is 28.7 Å². The van der Waals surface area contributed by atoms with E-state index in [1.165, 1.54) is 16.8 Å². The summed E-state index contributed by atoms with van der Waals surface area (Å²) < 4.78 is 1.10. The molecule has 2 aromatic rings. The van der Waals surface area contributed by atoms with E-state index in [1.807, 2.05) is 12.1 Å². The molecule has 158 valence electrons. The van der Waals surface area contributed by atoms with E-state index in [-0.39, 0.29) is 38.5 Å². The predicted molar refractivity (Wildman–Crippen MR) is 126 cm³/mol. The van der Waals surface area contributed by atoms with E-state index in [0.29, 0.717) is 12.2 Å². The van der Waals surface area contributed by atoms with Crippen LogP contribution in [0.25, 0.3) is 10.4 Å². The molecule has 1 aliphatic heterocycles. The third-order valence-corrected chi connectivity index (χ3v) is 11.3. The number of carbonyl (C=O) groups excluding carboxylic acids is 1. The van der Waals surface area contributed by atoms with Crippen molar-refractivity contribution in [2.75, 3.05) is 37.6 Å². The van der Waals surface area contributed by atoms with Gasteiger partial charge in [-0.3, -0.25) is 0 Å². The number of ketones is 1. The predicted octanol–water partition coefficient (Wildman–Crippen LogP) is 4.59.